The Hall–Kier alpha value is -0.900. The van der Waals surface area contributed by atoms with Crippen LogP contribution in [0.25, 0.3) is 0 Å². The minimum absolute atomic E-state index is 0.0508. The Bertz CT molecular complexity index is 240. The summed E-state index contributed by atoms with van der Waals surface area (Å²) < 4.78 is 0. The first-order valence-electron chi connectivity index (χ1n) is 6.45. The van der Waals surface area contributed by atoms with Gasteiger partial charge >= 0.3 is 0 Å². The van der Waals surface area contributed by atoms with Gasteiger partial charge in [0.05, 0.1) is 0 Å². The summed E-state index contributed by atoms with van der Waals surface area (Å²) in [6, 6.07) is 0. The monoisotopic (exact) mass is 242 g/mol. The Morgan fingerprint density at radius 1 is 1.24 bits per heavy atom. The van der Waals surface area contributed by atoms with Crippen molar-refractivity contribution >= 4 is 11.7 Å². The van der Waals surface area contributed by atoms with E-state index in [0.29, 0.717) is 25.2 Å². The molecule has 17 heavy (non-hydrogen) atoms. The van der Waals surface area contributed by atoms with Crippen LogP contribution in [0.15, 0.2) is 0 Å². The molecule has 0 aliphatic heterocycles. The molecule has 0 aliphatic carbocycles. The third-order valence-electron chi connectivity index (χ3n) is 2.71. The zero-order valence-corrected chi connectivity index (χ0v) is 11.6. The third-order valence-corrected chi connectivity index (χ3v) is 2.71. The normalized spacial score (nSPS) is 10.9. The van der Waals surface area contributed by atoms with E-state index in [1.165, 1.54) is 0 Å². The number of ketones is 1. The number of Topliss-reactive ketones (excluding diaryl/α,β-unsaturated/α-hetero) is 1. The molecule has 0 radical (unpaired) electrons. The Labute approximate surface area is 105 Å². The highest BCUT2D eigenvalue weighted by Gasteiger charge is 2.06. The topological polar surface area (TPSA) is 49.4 Å². The summed E-state index contributed by atoms with van der Waals surface area (Å²) in [4.78, 5) is 24.5. The lowest BCUT2D eigenvalue weighted by Gasteiger charge is -2.16. The number of amides is 1. The Kier molecular flexibility index (Phi) is 8.68. The van der Waals surface area contributed by atoms with Crippen LogP contribution >= 0.6 is 0 Å². The van der Waals surface area contributed by atoms with Gasteiger partial charge in [0, 0.05) is 31.8 Å². The van der Waals surface area contributed by atoms with Crippen LogP contribution in [0.4, 0.5) is 0 Å². The van der Waals surface area contributed by atoms with Gasteiger partial charge in [-0.15, -0.1) is 0 Å². The molecule has 0 bridgehead atoms. The van der Waals surface area contributed by atoms with E-state index in [1.807, 2.05) is 27.8 Å². The van der Waals surface area contributed by atoms with Crippen molar-refractivity contribution in [3.05, 3.63) is 0 Å². The minimum Gasteiger partial charge on any atom is -0.356 e. The lowest BCUT2D eigenvalue weighted by Crippen LogP contribution is -2.31. The second-order valence-corrected chi connectivity index (χ2v) is 4.74. The van der Waals surface area contributed by atoms with Crippen LogP contribution in [0.3, 0.4) is 0 Å². The fraction of sp³-hybridized carbons (Fsp3) is 0.846. The summed E-state index contributed by atoms with van der Waals surface area (Å²) in [7, 11) is 2.01. The van der Waals surface area contributed by atoms with Crippen molar-refractivity contribution in [2.24, 2.45) is 5.92 Å². The Morgan fingerprint density at radius 3 is 2.41 bits per heavy atom. The molecule has 0 aromatic rings. The molecule has 0 saturated carbocycles. The first kappa shape index (κ1) is 16.1. The highest BCUT2D eigenvalue weighted by Crippen LogP contribution is 1.95. The third kappa shape index (κ3) is 8.86. The lowest BCUT2D eigenvalue weighted by atomic mass is 10.2. The van der Waals surface area contributed by atoms with E-state index in [0.717, 1.165) is 19.5 Å². The van der Waals surface area contributed by atoms with Crippen LogP contribution in [0.5, 0.6) is 0 Å². The molecule has 0 atom stereocenters. The smallest absolute Gasteiger partial charge is 0.222 e. The van der Waals surface area contributed by atoms with Crippen LogP contribution in [-0.2, 0) is 9.59 Å². The summed E-state index contributed by atoms with van der Waals surface area (Å²) in [6.45, 7) is 8.10. The van der Waals surface area contributed by atoms with Crippen LogP contribution in [-0.4, -0.2) is 43.3 Å². The van der Waals surface area contributed by atoms with Crippen molar-refractivity contribution in [3.8, 4) is 0 Å². The van der Waals surface area contributed by atoms with Gasteiger partial charge in [0.1, 0.15) is 5.78 Å². The average Bonchev–Trinajstić information content (AvgIpc) is 2.30. The number of rotatable bonds is 9. The SMILES string of the molecule is CCC(=O)CCN(C)CCCNC(=O)C(C)C. The van der Waals surface area contributed by atoms with Crippen molar-refractivity contribution < 1.29 is 9.59 Å². The highest BCUT2D eigenvalue weighted by molar-refractivity contribution is 5.78. The molecule has 0 heterocycles. The van der Waals surface area contributed by atoms with Gasteiger partial charge in [0.15, 0.2) is 0 Å². The number of carbonyl (C=O) groups excluding carboxylic acids is 2. The van der Waals surface area contributed by atoms with Gasteiger partial charge in [-0.1, -0.05) is 20.8 Å². The summed E-state index contributed by atoms with van der Waals surface area (Å²) in [6.07, 6.45) is 2.18. The molecule has 0 aliphatic rings. The maximum Gasteiger partial charge on any atom is 0.222 e. The molecule has 1 amide bonds. The number of nitrogens with zero attached hydrogens (tertiary/aromatic N) is 1. The van der Waals surface area contributed by atoms with Gasteiger partial charge in [-0.2, -0.15) is 0 Å². The quantitative estimate of drug-likeness (QED) is 0.623. The molecule has 0 aromatic carbocycles. The summed E-state index contributed by atoms with van der Waals surface area (Å²) in [5.41, 5.74) is 0. The largest absolute Gasteiger partial charge is 0.356 e. The molecule has 100 valence electrons. The van der Waals surface area contributed by atoms with E-state index >= 15 is 0 Å². The van der Waals surface area contributed by atoms with E-state index in [9.17, 15) is 9.59 Å². The number of hydrogen-bond donors (Lipinski definition) is 1. The van der Waals surface area contributed by atoms with Gasteiger partial charge in [0.25, 0.3) is 0 Å². The standard InChI is InChI=1S/C13H26N2O2/c1-5-12(16)7-10-15(4)9-6-8-14-13(17)11(2)3/h11H,5-10H2,1-4H3,(H,14,17). The predicted octanol–water partition coefficient (Wildman–Crippen LogP) is 1.45. The second kappa shape index (κ2) is 9.16. The molecule has 0 spiro atoms. The molecule has 4 heteroatoms. The lowest BCUT2D eigenvalue weighted by molar-refractivity contribution is -0.124. The van der Waals surface area contributed by atoms with E-state index < -0.39 is 0 Å². The van der Waals surface area contributed by atoms with Gasteiger partial charge in [-0.05, 0) is 20.0 Å². The fourth-order valence-corrected chi connectivity index (χ4v) is 1.37. The van der Waals surface area contributed by atoms with Crippen LogP contribution < -0.4 is 5.32 Å². The highest BCUT2D eigenvalue weighted by atomic mass is 16.1. The predicted molar refractivity (Wildman–Crippen MR) is 69.9 cm³/mol. The molecule has 0 aromatic heterocycles. The van der Waals surface area contributed by atoms with Gasteiger partial charge < -0.3 is 10.2 Å². The summed E-state index contributed by atoms with van der Waals surface area (Å²) in [5.74, 6) is 0.466. The van der Waals surface area contributed by atoms with E-state index in [2.05, 4.69) is 10.2 Å². The molecule has 1 N–H and O–H groups in total. The van der Waals surface area contributed by atoms with Crippen molar-refractivity contribution in [1.82, 2.24) is 10.2 Å². The number of hydrogen-bond acceptors (Lipinski definition) is 3. The maximum absolute atomic E-state index is 11.3. The maximum atomic E-state index is 11.3. The zero-order chi connectivity index (χ0) is 13.3. The molecule has 4 nitrogen and oxygen atoms in total. The van der Waals surface area contributed by atoms with Crippen molar-refractivity contribution in [2.45, 2.75) is 40.0 Å². The van der Waals surface area contributed by atoms with Gasteiger partial charge in [0.2, 0.25) is 5.91 Å². The number of nitrogens with one attached hydrogen (secondary N) is 1. The molecular weight excluding hydrogens is 216 g/mol. The van der Waals surface area contributed by atoms with Crippen LogP contribution in [0, 0.1) is 5.92 Å². The van der Waals surface area contributed by atoms with Gasteiger partial charge in [-0.3, -0.25) is 9.59 Å². The van der Waals surface area contributed by atoms with Crippen LogP contribution in [0.2, 0.25) is 0 Å². The minimum atomic E-state index is 0.0508. The molecular formula is C13H26N2O2. The van der Waals surface area contributed by atoms with Gasteiger partial charge in [-0.25, -0.2) is 0 Å². The van der Waals surface area contributed by atoms with E-state index in [4.69, 9.17) is 0 Å². The fourth-order valence-electron chi connectivity index (χ4n) is 1.37. The van der Waals surface area contributed by atoms with E-state index in [-0.39, 0.29) is 11.8 Å². The second-order valence-electron chi connectivity index (χ2n) is 4.74. The summed E-state index contributed by atoms with van der Waals surface area (Å²) >= 11 is 0. The van der Waals surface area contributed by atoms with Crippen molar-refractivity contribution in [3.63, 3.8) is 0 Å². The van der Waals surface area contributed by atoms with Crippen molar-refractivity contribution in [1.29, 1.82) is 0 Å². The first-order chi connectivity index (χ1) is 7.97. The Morgan fingerprint density at radius 2 is 1.88 bits per heavy atom. The molecule has 0 rings (SSSR count). The average molecular weight is 242 g/mol. The zero-order valence-electron chi connectivity index (χ0n) is 11.6. The number of carbonyl (C=O) groups is 2. The molecule has 0 fully saturated rings. The first-order valence-corrected chi connectivity index (χ1v) is 6.45. The molecule has 0 unspecified atom stereocenters. The molecule has 0 saturated heterocycles. The van der Waals surface area contributed by atoms with Crippen LogP contribution in [0.1, 0.15) is 40.0 Å². The van der Waals surface area contributed by atoms with Crippen molar-refractivity contribution in [2.75, 3.05) is 26.7 Å². The Balaban J connectivity index is 3.48. The summed E-state index contributed by atoms with van der Waals surface area (Å²) in [5, 5.41) is 2.88. The van der Waals surface area contributed by atoms with E-state index in [1.54, 1.807) is 0 Å².